The van der Waals surface area contributed by atoms with Crippen LogP contribution >= 0.6 is 0 Å². The van der Waals surface area contributed by atoms with Crippen molar-refractivity contribution in [3.8, 4) is 0 Å². The monoisotopic (exact) mass is 463 g/mol. The number of piperazine rings is 1. The molecule has 0 aromatic heterocycles. The second kappa shape index (κ2) is 10.9. The second-order valence-corrected chi connectivity index (χ2v) is 9.47. The fourth-order valence-corrected chi connectivity index (χ4v) is 4.87. The predicted octanol–water partition coefficient (Wildman–Crippen LogP) is 3.36. The molecule has 0 atom stereocenters. The molecule has 34 heavy (non-hydrogen) atoms. The molecule has 2 aromatic carbocycles. The van der Waals surface area contributed by atoms with Crippen LogP contribution in [0.3, 0.4) is 0 Å². The summed E-state index contributed by atoms with van der Waals surface area (Å²) in [5.74, 6) is -0.0939. The van der Waals surface area contributed by atoms with Crippen molar-refractivity contribution >= 4 is 28.9 Å². The molecule has 0 aliphatic carbocycles. The SMILES string of the molecule is CCN1CCN(c2ccc(NC(=O)CN3CCCc4c(C(=O)NC(C)C)cccc43)cc2)CC1. The molecule has 0 saturated carbocycles. The smallest absolute Gasteiger partial charge is 0.251 e. The molecule has 182 valence electrons. The standard InChI is InChI=1S/C27H37N5O2/c1-4-30-15-17-31(18-16-30)22-12-10-21(11-13-22)29-26(33)19-32-14-6-8-23-24(7-5-9-25(23)32)27(34)28-20(2)3/h5,7,9-13,20H,4,6,8,14-19H2,1-3H3,(H,28,34)(H,29,33). The van der Waals surface area contributed by atoms with Crippen LogP contribution in [-0.4, -0.2) is 68.6 Å². The zero-order valence-electron chi connectivity index (χ0n) is 20.6. The summed E-state index contributed by atoms with van der Waals surface area (Å²) < 4.78 is 0. The number of benzene rings is 2. The average Bonchev–Trinajstić information content (AvgIpc) is 2.84. The first kappa shape index (κ1) is 24.1. The summed E-state index contributed by atoms with van der Waals surface area (Å²) in [6.45, 7) is 12.6. The number of rotatable bonds is 7. The van der Waals surface area contributed by atoms with E-state index in [1.165, 1.54) is 5.69 Å². The van der Waals surface area contributed by atoms with Crippen molar-refractivity contribution in [3.05, 3.63) is 53.6 Å². The van der Waals surface area contributed by atoms with Gasteiger partial charge < -0.3 is 25.3 Å². The first-order valence-electron chi connectivity index (χ1n) is 12.5. The Bertz CT molecular complexity index is 997. The number of nitrogens with one attached hydrogen (secondary N) is 2. The normalized spacial score (nSPS) is 16.4. The minimum Gasteiger partial charge on any atom is -0.369 e. The molecule has 0 bridgehead atoms. The first-order valence-corrected chi connectivity index (χ1v) is 12.5. The summed E-state index contributed by atoms with van der Waals surface area (Å²) >= 11 is 0. The van der Waals surface area contributed by atoms with Crippen molar-refractivity contribution in [1.82, 2.24) is 10.2 Å². The lowest BCUT2D eigenvalue weighted by Crippen LogP contribution is -2.46. The zero-order chi connectivity index (χ0) is 24.1. The highest BCUT2D eigenvalue weighted by Gasteiger charge is 2.24. The van der Waals surface area contributed by atoms with Crippen molar-refractivity contribution in [3.63, 3.8) is 0 Å². The van der Waals surface area contributed by atoms with Gasteiger partial charge in [0.2, 0.25) is 5.91 Å². The lowest BCUT2D eigenvalue weighted by Gasteiger charge is -2.35. The molecule has 2 N–H and O–H groups in total. The lowest BCUT2D eigenvalue weighted by atomic mass is 9.95. The number of likely N-dealkylation sites (N-methyl/N-ethyl adjacent to an activating group) is 1. The van der Waals surface area contributed by atoms with Crippen molar-refractivity contribution in [2.24, 2.45) is 0 Å². The molecule has 0 radical (unpaired) electrons. The van der Waals surface area contributed by atoms with Crippen LogP contribution in [0.2, 0.25) is 0 Å². The van der Waals surface area contributed by atoms with Gasteiger partial charge in [-0.1, -0.05) is 13.0 Å². The maximum absolute atomic E-state index is 12.9. The highest BCUT2D eigenvalue weighted by Crippen LogP contribution is 2.30. The van der Waals surface area contributed by atoms with Crippen LogP contribution in [0, 0.1) is 0 Å². The molecule has 0 spiro atoms. The molecule has 2 aliphatic heterocycles. The number of nitrogens with zero attached hydrogens (tertiary/aromatic N) is 3. The van der Waals surface area contributed by atoms with E-state index in [4.69, 9.17) is 0 Å². The number of carbonyl (C=O) groups excluding carboxylic acids is 2. The van der Waals surface area contributed by atoms with Crippen LogP contribution < -0.4 is 20.4 Å². The van der Waals surface area contributed by atoms with Gasteiger partial charge in [0.05, 0.1) is 6.54 Å². The van der Waals surface area contributed by atoms with Crippen molar-refractivity contribution in [2.75, 3.05) is 60.9 Å². The van der Waals surface area contributed by atoms with Crippen LogP contribution in [0.1, 0.15) is 43.1 Å². The largest absolute Gasteiger partial charge is 0.369 e. The highest BCUT2D eigenvalue weighted by molar-refractivity contribution is 5.98. The maximum Gasteiger partial charge on any atom is 0.251 e. The Labute approximate surface area is 203 Å². The average molecular weight is 464 g/mol. The molecule has 1 fully saturated rings. The van der Waals surface area contributed by atoms with E-state index in [2.05, 4.69) is 44.4 Å². The van der Waals surface area contributed by atoms with Crippen molar-refractivity contribution in [2.45, 2.75) is 39.7 Å². The second-order valence-electron chi connectivity index (χ2n) is 9.47. The summed E-state index contributed by atoms with van der Waals surface area (Å²) in [5.41, 5.74) is 4.74. The Hall–Kier alpha value is -3.06. The molecule has 1 saturated heterocycles. The van der Waals surface area contributed by atoms with Crippen molar-refractivity contribution in [1.29, 1.82) is 0 Å². The summed E-state index contributed by atoms with van der Waals surface area (Å²) in [5, 5.41) is 6.03. The molecule has 2 heterocycles. The Morgan fingerprint density at radius 1 is 0.971 bits per heavy atom. The van der Waals surface area contributed by atoms with E-state index in [-0.39, 0.29) is 24.4 Å². The Morgan fingerprint density at radius 2 is 1.71 bits per heavy atom. The summed E-state index contributed by atoms with van der Waals surface area (Å²) in [4.78, 5) is 32.5. The molecule has 2 amide bonds. The molecular formula is C27H37N5O2. The molecule has 7 nitrogen and oxygen atoms in total. The van der Waals surface area contributed by atoms with Gasteiger partial charge in [0.15, 0.2) is 0 Å². The van der Waals surface area contributed by atoms with Gasteiger partial charge in [-0.2, -0.15) is 0 Å². The number of amides is 2. The number of fused-ring (bicyclic) bond motifs is 1. The third kappa shape index (κ3) is 5.70. The Kier molecular flexibility index (Phi) is 7.73. The van der Waals surface area contributed by atoms with Gasteiger partial charge in [-0.3, -0.25) is 9.59 Å². The lowest BCUT2D eigenvalue weighted by molar-refractivity contribution is -0.115. The van der Waals surface area contributed by atoms with Gasteiger partial charge in [-0.25, -0.2) is 0 Å². The van der Waals surface area contributed by atoms with Crippen molar-refractivity contribution < 1.29 is 9.59 Å². The van der Waals surface area contributed by atoms with E-state index in [0.717, 1.165) is 69.0 Å². The maximum atomic E-state index is 12.9. The fraction of sp³-hybridized carbons (Fsp3) is 0.481. The molecule has 2 aromatic rings. The van der Waals surface area contributed by atoms with Gasteiger partial charge >= 0.3 is 0 Å². The third-order valence-corrected chi connectivity index (χ3v) is 6.68. The Morgan fingerprint density at radius 3 is 2.38 bits per heavy atom. The van der Waals surface area contributed by atoms with Gasteiger partial charge in [0, 0.05) is 61.4 Å². The van der Waals surface area contributed by atoms with Crippen LogP contribution in [0.4, 0.5) is 17.1 Å². The number of carbonyl (C=O) groups is 2. The zero-order valence-corrected chi connectivity index (χ0v) is 20.6. The third-order valence-electron chi connectivity index (χ3n) is 6.68. The van der Waals surface area contributed by atoms with Crippen LogP contribution in [0.5, 0.6) is 0 Å². The van der Waals surface area contributed by atoms with Crippen LogP contribution in [-0.2, 0) is 11.2 Å². The topological polar surface area (TPSA) is 67.9 Å². The van der Waals surface area contributed by atoms with E-state index >= 15 is 0 Å². The van der Waals surface area contributed by atoms with Crippen LogP contribution in [0.15, 0.2) is 42.5 Å². The van der Waals surface area contributed by atoms with Gasteiger partial charge in [-0.05, 0) is 75.2 Å². The fourth-order valence-electron chi connectivity index (χ4n) is 4.87. The van der Waals surface area contributed by atoms with E-state index < -0.39 is 0 Å². The number of hydrogen-bond donors (Lipinski definition) is 2. The van der Waals surface area contributed by atoms with E-state index in [9.17, 15) is 9.59 Å². The summed E-state index contributed by atoms with van der Waals surface area (Å²) in [7, 11) is 0. The predicted molar refractivity (Wildman–Crippen MR) is 139 cm³/mol. The van der Waals surface area contributed by atoms with Gasteiger partial charge in [0.25, 0.3) is 5.91 Å². The molecule has 0 unspecified atom stereocenters. The van der Waals surface area contributed by atoms with Crippen LogP contribution in [0.25, 0.3) is 0 Å². The van der Waals surface area contributed by atoms with E-state index in [1.807, 2.05) is 44.2 Å². The minimum atomic E-state index is -0.0470. The molecular weight excluding hydrogens is 426 g/mol. The summed E-state index contributed by atoms with van der Waals surface area (Å²) in [6.07, 6.45) is 1.77. The highest BCUT2D eigenvalue weighted by atomic mass is 16.2. The van der Waals surface area contributed by atoms with Gasteiger partial charge in [-0.15, -0.1) is 0 Å². The molecule has 7 heteroatoms. The minimum absolute atomic E-state index is 0.0469. The summed E-state index contributed by atoms with van der Waals surface area (Å²) in [6, 6.07) is 14.0. The Balaban J connectivity index is 1.37. The quantitative estimate of drug-likeness (QED) is 0.659. The molecule has 4 rings (SSSR count). The molecule has 2 aliphatic rings. The number of anilines is 3. The van der Waals surface area contributed by atoms with E-state index in [0.29, 0.717) is 5.56 Å². The first-order chi connectivity index (χ1) is 16.4. The van der Waals surface area contributed by atoms with Gasteiger partial charge in [0.1, 0.15) is 0 Å². The number of hydrogen-bond acceptors (Lipinski definition) is 5. The van der Waals surface area contributed by atoms with E-state index in [1.54, 1.807) is 0 Å².